The molecular weight excluding hydrogens is 434 g/mol. The van der Waals surface area contributed by atoms with E-state index in [-0.39, 0.29) is 23.0 Å². The quantitative estimate of drug-likeness (QED) is 0.210. The molecule has 0 bridgehead atoms. The van der Waals surface area contributed by atoms with Crippen molar-refractivity contribution in [1.82, 2.24) is 0 Å². The number of carbonyl (C=O) groups excluding carboxylic acids is 3. The Morgan fingerprint density at radius 3 is 2.24 bits per heavy atom. The Morgan fingerprint density at radius 2 is 1.62 bits per heavy atom. The smallest absolute Gasteiger partial charge is 0.412 e. The first-order valence-corrected chi connectivity index (χ1v) is 10.9. The van der Waals surface area contributed by atoms with Crippen molar-refractivity contribution in [2.45, 2.75) is 25.7 Å². The first kappa shape index (κ1) is 21.5. The molecular formula is C27H21NO6. The summed E-state index contributed by atoms with van der Waals surface area (Å²) in [6, 6.07) is 19.8. The summed E-state index contributed by atoms with van der Waals surface area (Å²) in [5, 5.41) is 0.470. The molecule has 7 heteroatoms. The van der Waals surface area contributed by atoms with Gasteiger partial charge in [-0.2, -0.15) is 0 Å². The number of para-hydroxylation sites is 1. The lowest BCUT2D eigenvalue weighted by Crippen LogP contribution is -2.18. The second-order valence-corrected chi connectivity index (χ2v) is 8.22. The number of ketones is 1. The summed E-state index contributed by atoms with van der Waals surface area (Å²) >= 11 is 0. The molecule has 3 aromatic carbocycles. The van der Waals surface area contributed by atoms with E-state index in [0.717, 1.165) is 18.4 Å². The van der Waals surface area contributed by atoms with E-state index in [4.69, 9.17) is 19.6 Å². The summed E-state index contributed by atoms with van der Waals surface area (Å²) in [7, 11) is 0. The zero-order valence-electron chi connectivity index (χ0n) is 18.4. The van der Waals surface area contributed by atoms with Crippen molar-refractivity contribution in [2.24, 2.45) is 5.73 Å². The molecule has 2 N–H and O–H groups in total. The lowest BCUT2D eigenvalue weighted by Gasteiger charge is -2.07. The predicted octanol–water partition coefficient (Wildman–Crippen LogP) is 6.21. The first-order valence-electron chi connectivity index (χ1n) is 10.9. The molecule has 0 atom stereocenters. The number of amides is 1. The third-order valence-corrected chi connectivity index (χ3v) is 5.75. The number of nitrogens with two attached hydrogens (primary N) is 1. The van der Waals surface area contributed by atoms with Crippen LogP contribution >= 0.6 is 0 Å². The maximum absolute atomic E-state index is 12.9. The normalized spacial score (nSPS) is 13.0. The summed E-state index contributed by atoms with van der Waals surface area (Å²) in [4.78, 5) is 36.5. The van der Waals surface area contributed by atoms with Gasteiger partial charge in [-0.25, -0.2) is 9.59 Å². The van der Waals surface area contributed by atoms with Crippen LogP contribution in [0.4, 0.5) is 4.79 Å². The van der Waals surface area contributed by atoms with Gasteiger partial charge in [0.2, 0.25) is 0 Å². The summed E-state index contributed by atoms with van der Waals surface area (Å²) in [5.74, 6) is 0.774. The van der Waals surface area contributed by atoms with Gasteiger partial charge in [-0.3, -0.25) is 4.79 Å². The van der Waals surface area contributed by atoms with Gasteiger partial charge < -0.3 is 19.6 Å². The number of hydrogen-bond acceptors (Lipinski definition) is 6. The van der Waals surface area contributed by atoms with Gasteiger partial charge in [0.25, 0.3) is 0 Å². The van der Waals surface area contributed by atoms with Crippen molar-refractivity contribution >= 4 is 28.8 Å². The molecule has 0 unspecified atom stereocenters. The zero-order chi connectivity index (χ0) is 23.8. The van der Waals surface area contributed by atoms with Gasteiger partial charge in [0.1, 0.15) is 28.4 Å². The number of ether oxygens (including phenoxy) is 2. The Bertz CT molecular complexity index is 1420. The first-order chi connectivity index (χ1) is 16.4. The van der Waals surface area contributed by atoms with Crippen molar-refractivity contribution in [2.75, 3.05) is 0 Å². The molecule has 7 nitrogen and oxygen atoms in total. The molecule has 1 fully saturated rings. The van der Waals surface area contributed by atoms with E-state index in [0.29, 0.717) is 33.6 Å². The average molecular weight is 455 g/mol. The SMILES string of the molecule is CC(=O)c1cc2oc(-c3ccc(Oc4ccccc4)cc3)c(C(=O)OC(N)=O)c2cc1C1CC1. The molecule has 170 valence electrons. The molecule has 0 radical (unpaired) electrons. The summed E-state index contributed by atoms with van der Waals surface area (Å²) in [5.41, 5.74) is 7.55. The number of primary amides is 1. The predicted molar refractivity (Wildman–Crippen MR) is 125 cm³/mol. The van der Waals surface area contributed by atoms with E-state index in [9.17, 15) is 14.4 Å². The van der Waals surface area contributed by atoms with Gasteiger partial charge in [0.15, 0.2) is 5.78 Å². The zero-order valence-corrected chi connectivity index (χ0v) is 18.4. The van der Waals surface area contributed by atoms with Crippen LogP contribution in [0.2, 0.25) is 0 Å². The summed E-state index contributed by atoms with van der Waals surface area (Å²) < 4.78 is 16.6. The molecule has 0 saturated heterocycles. The van der Waals surface area contributed by atoms with Crippen LogP contribution < -0.4 is 10.5 Å². The minimum absolute atomic E-state index is 0.0783. The minimum atomic E-state index is -1.21. The van der Waals surface area contributed by atoms with Gasteiger partial charge in [-0.05, 0) is 79.8 Å². The minimum Gasteiger partial charge on any atom is -0.457 e. The Kier molecular flexibility index (Phi) is 5.37. The largest absolute Gasteiger partial charge is 0.457 e. The standard InChI is InChI=1S/C27H21NO6/c1-15(29)20-14-23-22(13-21(20)16-7-8-16)24(26(30)34-27(28)31)25(33-23)17-9-11-19(12-10-17)32-18-5-3-2-4-6-18/h2-6,9-14,16H,7-8H2,1H3,(H2,28,31). The molecule has 1 aliphatic rings. The number of carbonyl (C=O) groups is 3. The molecule has 0 spiro atoms. The van der Waals surface area contributed by atoms with Crippen molar-refractivity contribution in [3.8, 4) is 22.8 Å². The second kappa shape index (κ2) is 8.51. The van der Waals surface area contributed by atoms with Crippen molar-refractivity contribution < 1.29 is 28.3 Å². The van der Waals surface area contributed by atoms with Gasteiger partial charge >= 0.3 is 12.1 Å². The molecule has 1 heterocycles. The second-order valence-electron chi connectivity index (χ2n) is 8.22. The van der Waals surface area contributed by atoms with Crippen LogP contribution in [-0.4, -0.2) is 17.8 Å². The van der Waals surface area contributed by atoms with E-state index in [1.54, 1.807) is 36.4 Å². The van der Waals surface area contributed by atoms with Crippen LogP contribution in [0.3, 0.4) is 0 Å². The fraction of sp³-hybridized carbons (Fsp3) is 0.148. The number of furan rings is 1. The highest BCUT2D eigenvalue weighted by Gasteiger charge is 2.31. The lowest BCUT2D eigenvalue weighted by atomic mass is 9.96. The number of Topliss-reactive ketones (excluding diaryl/α,β-unsaturated/α-hetero) is 1. The highest BCUT2D eigenvalue weighted by molar-refractivity contribution is 6.12. The number of hydrogen-bond donors (Lipinski definition) is 1. The van der Waals surface area contributed by atoms with Gasteiger partial charge in [0.05, 0.1) is 0 Å². The third-order valence-electron chi connectivity index (χ3n) is 5.75. The Morgan fingerprint density at radius 1 is 0.941 bits per heavy atom. The van der Waals surface area contributed by atoms with Crippen LogP contribution in [0.1, 0.15) is 52.0 Å². The molecule has 0 aliphatic heterocycles. The number of esters is 1. The van der Waals surface area contributed by atoms with E-state index >= 15 is 0 Å². The molecule has 1 amide bonds. The van der Waals surface area contributed by atoms with Gasteiger partial charge in [0, 0.05) is 16.5 Å². The monoisotopic (exact) mass is 455 g/mol. The van der Waals surface area contributed by atoms with Crippen molar-refractivity contribution in [3.05, 3.63) is 83.4 Å². The highest BCUT2D eigenvalue weighted by Crippen LogP contribution is 2.45. The van der Waals surface area contributed by atoms with E-state index < -0.39 is 12.1 Å². The van der Waals surface area contributed by atoms with Crippen LogP contribution in [-0.2, 0) is 4.74 Å². The summed E-state index contributed by atoms with van der Waals surface area (Å²) in [6.45, 7) is 1.50. The lowest BCUT2D eigenvalue weighted by molar-refractivity contribution is 0.0640. The number of fused-ring (bicyclic) bond motifs is 1. The molecule has 1 aromatic heterocycles. The molecule has 1 aliphatic carbocycles. The third kappa shape index (κ3) is 4.15. The number of benzene rings is 3. The molecule has 4 aromatic rings. The molecule has 34 heavy (non-hydrogen) atoms. The van der Waals surface area contributed by atoms with Gasteiger partial charge in [-0.1, -0.05) is 18.2 Å². The van der Waals surface area contributed by atoms with E-state index in [2.05, 4.69) is 0 Å². The maximum Gasteiger partial charge on any atom is 0.412 e. The average Bonchev–Trinajstić information content (AvgIpc) is 3.59. The van der Waals surface area contributed by atoms with Gasteiger partial charge in [-0.15, -0.1) is 0 Å². The fourth-order valence-electron chi connectivity index (χ4n) is 4.04. The highest BCUT2D eigenvalue weighted by atomic mass is 16.6. The van der Waals surface area contributed by atoms with Crippen LogP contribution in [0.15, 0.2) is 71.1 Å². The van der Waals surface area contributed by atoms with Crippen molar-refractivity contribution in [3.63, 3.8) is 0 Å². The van der Waals surface area contributed by atoms with Crippen LogP contribution in [0.5, 0.6) is 11.5 Å². The van der Waals surface area contributed by atoms with E-state index in [1.165, 1.54) is 6.92 Å². The van der Waals surface area contributed by atoms with E-state index in [1.807, 2.05) is 30.3 Å². The number of rotatable bonds is 6. The van der Waals surface area contributed by atoms with Crippen molar-refractivity contribution in [1.29, 1.82) is 0 Å². The van der Waals surface area contributed by atoms with Crippen LogP contribution in [0.25, 0.3) is 22.3 Å². The Hall–Kier alpha value is -4.39. The topological polar surface area (TPSA) is 109 Å². The summed E-state index contributed by atoms with van der Waals surface area (Å²) in [6.07, 6.45) is 0.737. The maximum atomic E-state index is 12.9. The molecule has 1 saturated carbocycles. The Balaban J connectivity index is 1.61. The van der Waals surface area contributed by atoms with Crippen LogP contribution in [0, 0.1) is 0 Å². The molecule has 5 rings (SSSR count). The fourth-order valence-corrected chi connectivity index (χ4v) is 4.04. The Labute approximate surface area is 195 Å².